The summed E-state index contributed by atoms with van der Waals surface area (Å²) in [6.45, 7) is 6.54. The minimum Gasteiger partial charge on any atom is -0.495 e. The Morgan fingerprint density at radius 2 is 1.93 bits per heavy atom. The first-order chi connectivity index (χ1) is 13.5. The Balaban J connectivity index is 1.52. The molecule has 0 atom stereocenters. The fourth-order valence-electron chi connectivity index (χ4n) is 3.90. The number of aryl methyl sites for hydroxylation is 1. The van der Waals surface area contributed by atoms with E-state index in [1.54, 1.807) is 13.2 Å². The number of rotatable bonds is 4. The second-order valence-electron chi connectivity index (χ2n) is 7.27. The van der Waals surface area contributed by atoms with Crippen molar-refractivity contribution in [1.82, 2.24) is 0 Å². The fraction of sp³-hybridized carbons (Fsp3) is 0.318. The molecule has 0 unspecified atom stereocenters. The van der Waals surface area contributed by atoms with Crippen LogP contribution >= 0.6 is 11.6 Å². The highest BCUT2D eigenvalue weighted by atomic mass is 35.5. The molecule has 2 aromatic carbocycles. The summed E-state index contributed by atoms with van der Waals surface area (Å²) in [5.74, 6) is 0.905. The van der Waals surface area contributed by atoms with Gasteiger partial charge in [0.05, 0.1) is 39.0 Å². The Hall–Kier alpha value is -2.50. The molecule has 28 heavy (non-hydrogen) atoms. The van der Waals surface area contributed by atoms with Gasteiger partial charge in [-0.05, 0) is 36.8 Å². The molecule has 4 rings (SSSR count). The van der Waals surface area contributed by atoms with Crippen molar-refractivity contribution in [2.45, 2.75) is 13.5 Å². The van der Waals surface area contributed by atoms with Gasteiger partial charge in [0, 0.05) is 22.0 Å². The molecule has 146 valence electrons. The molecule has 1 N–H and O–H groups in total. The quantitative estimate of drug-likeness (QED) is 0.685. The van der Waals surface area contributed by atoms with Crippen LogP contribution in [0.2, 0.25) is 5.02 Å². The van der Waals surface area contributed by atoms with Gasteiger partial charge in [0.15, 0.2) is 0 Å². The largest absolute Gasteiger partial charge is 0.495 e. The van der Waals surface area contributed by atoms with Gasteiger partial charge in [-0.3, -0.25) is 0 Å². The summed E-state index contributed by atoms with van der Waals surface area (Å²) in [6.07, 6.45) is 0. The van der Waals surface area contributed by atoms with Crippen LogP contribution in [0.25, 0.3) is 11.0 Å². The third-order valence-corrected chi connectivity index (χ3v) is 5.85. The number of ether oxygens (including phenoxy) is 1. The molecule has 0 amide bonds. The molecule has 3 aromatic rings. The van der Waals surface area contributed by atoms with E-state index < -0.39 is 0 Å². The summed E-state index contributed by atoms with van der Waals surface area (Å²) in [7, 11) is 1.71. The summed E-state index contributed by atoms with van der Waals surface area (Å²) in [6, 6.07) is 13.5. The van der Waals surface area contributed by atoms with Gasteiger partial charge in [-0.25, -0.2) is 4.79 Å². The van der Waals surface area contributed by atoms with E-state index in [0.717, 1.165) is 60.7 Å². The zero-order valence-electron chi connectivity index (χ0n) is 16.1. The lowest BCUT2D eigenvalue weighted by molar-refractivity contribution is -0.914. The van der Waals surface area contributed by atoms with E-state index in [0.29, 0.717) is 10.6 Å². The summed E-state index contributed by atoms with van der Waals surface area (Å²) >= 11 is 6.31. The number of anilines is 1. The number of methoxy groups -OCH3 is 1. The van der Waals surface area contributed by atoms with E-state index in [-0.39, 0.29) is 5.63 Å². The molecule has 0 bridgehead atoms. The molecule has 1 aromatic heterocycles. The summed E-state index contributed by atoms with van der Waals surface area (Å²) in [5.41, 5.74) is 3.34. The van der Waals surface area contributed by atoms with Crippen LogP contribution in [-0.2, 0) is 6.54 Å². The van der Waals surface area contributed by atoms with Gasteiger partial charge in [-0.2, -0.15) is 0 Å². The maximum atomic E-state index is 12.0. The number of piperazine rings is 1. The fourth-order valence-corrected chi connectivity index (χ4v) is 4.06. The highest BCUT2D eigenvalue weighted by Crippen LogP contribution is 2.27. The van der Waals surface area contributed by atoms with Gasteiger partial charge in [-0.1, -0.05) is 23.7 Å². The van der Waals surface area contributed by atoms with E-state index in [1.807, 2.05) is 37.3 Å². The smallest absolute Gasteiger partial charge is 0.336 e. The molecule has 1 aliphatic heterocycles. The minimum absolute atomic E-state index is 0.309. The molecule has 5 nitrogen and oxygen atoms in total. The van der Waals surface area contributed by atoms with Crippen molar-refractivity contribution in [2.24, 2.45) is 0 Å². The molecule has 0 radical (unpaired) electrons. The van der Waals surface area contributed by atoms with Crippen molar-refractivity contribution in [3.8, 4) is 5.75 Å². The first kappa shape index (κ1) is 18.8. The lowest BCUT2D eigenvalue weighted by Crippen LogP contribution is -3.13. The van der Waals surface area contributed by atoms with Gasteiger partial charge in [0.1, 0.15) is 17.9 Å². The van der Waals surface area contributed by atoms with Crippen LogP contribution in [0.4, 0.5) is 5.69 Å². The predicted molar refractivity (Wildman–Crippen MR) is 112 cm³/mol. The van der Waals surface area contributed by atoms with Gasteiger partial charge in [-0.15, -0.1) is 0 Å². The maximum Gasteiger partial charge on any atom is 0.336 e. The van der Waals surface area contributed by atoms with Crippen LogP contribution in [0.3, 0.4) is 0 Å². The monoisotopic (exact) mass is 399 g/mol. The van der Waals surface area contributed by atoms with Crippen LogP contribution in [0.15, 0.2) is 51.7 Å². The number of hydrogen-bond acceptors (Lipinski definition) is 4. The standard InChI is InChI=1S/C22H23ClN2O3/c1-15-11-21-17(13-18(15)23)16(12-22(26)28-21)14-24-7-9-25(10-8-24)19-5-3-4-6-20(19)27-2/h3-6,11-13H,7-10,14H2,1-2H3/p+1. The Labute approximate surface area is 169 Å². The average Bonchev–Trinajstić information content (AvgIpc) is 2.70. The SMILES string of the molecule is COc1ccccc1N1CC[NH+](Cc2cc(=O)oc3cc(C)c(Cl)cc23)CC1. The van der Waals surface area contributed by atoms with Crippen molar-refractivity contribution >= 4 is 28.3 Å². The van der Waals surface area contributed by atoms with E-state index in [4.69, 9.17) is 20.8 Å². The molecule has 2 heterocycles. The molecule has 6 heteroatoms. The zero-order chi connectivity index (χ0) is 19.7. The molecule has 1 aliphatic rings. The Morgan fingerprint density at radius 3 is 2.68 bits per heavy atom. The van der Waals surface area contributed by atoms with Crippen LogP contribution in [0.5, 0.6) is 5.75 Å². The van der Waals surface area contributed by atoms with Gasteiger partial charge >= 0.3 is 5.63 Å². The van der Waals surface area contributed by atoms with Crippen LogP contribution in [0.1, 0.15) is 11.1 Å². The highest BCUT2D eigenvalue weighted by Gasteiger charge is 2.23. The van der Waals surface area contributed by atoms with Crippen LogP contribution < -0.4 is 20.2 Å². The highest BCUT2D eigenvalue weighted by molar-refractivity contribution is 6.32. The van der Waals surface area contributed by atoms with E-state index in [9.17, 15) is 4.79 Å². The van der Waals surface area contributed by atoms with Crippen LogP contribution in [-0.4, -0.2) is 33.3 Å². The number of quaternary nitrogens is 1. The van der Waals surface area contributed by atoms with Crippen molar-refractivity contribution < 1.29 is 14.1 Å². The Bertz CT molecular complexity index is 1060. The average molecular weight is 400 g/mol. The third-order valence-electron chi connectivity index (χ3n) is 5.45. The molecule has 1 fully saturated rings. The number of hydrogen-bond donors (Lipinski definition) is 1. The number of halogens is 1. The second kappa shape index (κ2) is 7.86. The molecule has 0 spiro atoms. The molecular weight excluding hydrogens is 376 g/mol. The van der Waals surface area contributed by atoms with Gasteiger partial charge in [0.25, 0.3) is 0 Å². The number of fused-ring (bicyclic) bond motifs is 1. The van der Waals surface area contributed by atoms with E-state index >= 15 is 0 Å². The molecule has 1 saturated heterocycles. The minimum atomic E-state index is -0.309. The van der Waals surface area contributed by atoms with Gasteiger partial charge in [0.2, 0.25) is 0 Å². The summed E-state index contributed by atoms with van der Waals surface area (Å²) in [4.78, 5) is 15.8. The van der Waals surface area contributed by atoms with Crippen molar-refractivity contribution in [1.29, 1.82) is 0 Å². The second-order valence-corrected chi connectivity index (χ2v) is 7.68. The first-order valence-corrected chi connectivity index (χ1v) is 9.87. The molecule has 0 saturated carbocycles. The number of nitrogens with zero attached hydrogens (tertiary/aromatic N) is 1. The topological polar surface area (TPSA) is 47.1 Å². The lowest BCUT2D eigenvalue weighted by Gasteiger charge is -2.34. The number of para-hydroxylation sites is 2. The van der Waals surface area contributed by atoms with E-state index in [2.05, 4.69) is 11.0 Å². The number of benzene rings is 2. The maximum absolute atomic E-state index is 12.0. The zero-order valence-corrected chi connectivity index (χ0v) is 16.9. The van der Waals surface area contributed by atoms with Crippen molar-refractivity contribution in [2.75, 3.05) is 38.2 Å². The molecule has 0 aliphatic carbocycles. The Kier molecular flexibility index (Phi) is 5.29. The lowest BCUT2D eigenvalue weighted by atomic mass is 10.1. The van der Waals surface area contributed by atoms with Gasteiger partial charge < -0.3 is 19.0 Å². The summed E-state index contributed by atoms with van der Waals surface area (Å²) < 4.78 is 10.9. The van der Waals surface area contributed by atoms with Crippen molar-refractivity contribution in [3.05, 3.63) is 69.0 Å². The first-order valence-electron chi connectivity index (χ1n) is 9.49. The van der Waals surface area contributed by atoms with Crippen LogP contribution in [0, 0.1) is 6.92 Å². The summed E-state index contributed by atoms with van der Waals surface area (Å²) in [5, 5.41) is 1.62. The van der Waals surface area contributed by atoms with Crippen molar-refractivity contribution in [3.63, 3.8) is 0 Å². The third kappa shape index (κ3) is 3.73. The molecular formula is C22H24ClN2O3+. The predicted octanol–water partition coefficient (Wildman–Crippen LogP) is 2.67. The van der Waals surface area contributed by atoms with E-state index in [1.165, 1.54) is 4.90 Å². The Morgan fingerprint density at radius 1 is 1.18 bits per heavy atom. The normalized spacial score (nSPS) is 15.2. The number of nitrogens with one attached hydrogen (secondary N) is 1.